The largest absolute Gasteiger partial charge is 0.410 e. The smallest absolute Gasteiger partial charge is 0.352 e. The van der Waals surface area contributed by atoms with Gasteiger partial charge in [0.2, 0.25) is 0 Å². The summed E-state index contributed by atoms with van der Waals surface area (Å²) in [5.74, 6) is -1.08. The van der Waals surface area contributed by atoms with E-state index in [4.69, 9.17) is 16.4 Å². The molecule has 94 valence electrons. The first kappa shape index (κ1) is 12.0. The molecular weight excluding hydrogens is 258 g/mol. The fourth-order valence-electron chi connectivity index (χ4n) is 1.47. The van der Waals surface area contributed by atoms with Gasteiger partial charge in [-0.1, -0.05) is 23.4 Å². The summed E-state index contributed by atoms with van der Waals surface area (Å²) in [5.41, 5.74) is 5.12. The molecule has 0 atom stereocenters. The van der Waals surface area contributed by atoms with Gasteiger partial charge in [-0.05, 0) is 12.1 Å². The van der Waals surface area contributed by atoms with Crippen LogP contribution in [-0.2, 0) is 10.2 Å². The Kier molecular flexibility index (Phi) is 2.75. The van der Waals surface area contributed by atoms with Gasteiger partial charge in [0.05, 0.1) is 5.69 Å². The molecule has 0 saturated heterocycles. The third-order valence-electron chi connectivity index (χ3n) is 2.21. The van der Waals surface area contributed by atoms with Gasteiger partial charge in [0.1, 0.15) is 0 Å². The van der Waals surface area contributed by atoms with Gasteiger partial charge in [0.15, 0.2) is 17.4 Å². The van der Waals surface area contributed by atoms with E-state index < -0.39 is 27.6 Å². The lowest BCUT2D eigenvalue weighted by atomic mass is 10.2. The second-order valence-electron chi connectivity index (χ2n) is 3.35. The van der Waals surface area contributed by atoms with Crippen LogP contribution in [-0.4, -0.2) is 31.0 Å². The summed E-state index contributed by atoms with van der Waals surface area (Å²) in [5, 5.41) is 19.2. The Morgan fingerprint density at radius 1 is 1.33 bits per heavy atom. The van der Waals surface area contributed by atoms with Crippen molar-refractivity contribution in [3.05, 3.63) is 30.3 Å². The van der Waals surface area contributed by atoms with Crippen molar-refractivity contribution in [2.75, 3.05) is 4.31 Å². The molecule has 1 aliphatic heterocycles. The maximum atomic E-state index is 11.8. The lowest BCUT2D eigenvalue weighted by molar-refractivity contribution is 0.321. The second-order valence-corrected chi connectivity index (χ2v) is 4.79. The molecule has 2 rings (SSSR count). The van der Waals surface area contributed by atoms with Crippen LogP contribution in [0, 0.1) is 5.41 Å². The Morgan fingerprint density at radius 2 is 1.94 bits per heavy atom. The molecule has 0 aliphatic carbocycles. The molecule has 0 unspecified atom stereocenters. The van der Waals surface area contributed by atoms with Crippen LogP contribution in [0.2, 0.25) is 0 Å². The first-order valence-corrected chi connectivity index (χ1v) is 6.14. The molecule has 8 nitrogen and oxygen atoms in total. The SMILES string of the molecule is N=C1/C(=N/O)C(N)=NS(=O)(=O)N1c1ccccc1. The number of nitrogens with two attached hydrogens (primary N) is 1. The van der Waals surface area contributed by atoms with Crippen LogP contribution in [0.15, 0.2) is 39.9 Å². The summed E-state index contributed by atoms with van der Waals surface area (Å²) in [6.07, 6.45) is 0. The molecule has 0 saturated carbocycles. The van der Waals surface area contributed by atoms with Crippen LogP contribution in [0.5, 0.6) is 0 Å². The Bertz CT molecular complexity index is 650. The molecule has 1 aromatic rings. The molecule has 4 N–H and O–H groups in total. The summed E-state index contributed by atoms with van der Waals surface area (Å²) in [7, 11) is -4.14. The third kappa shape index (κ3) is 1.80. The molecule has 18 heavy (non-hydrogen) atoms. The first-order chi connectivity index (χ1) is 8.47. The zero-order valence-corrected chi connectivity index (χ0v) is 9.79. The fraction of sp³-hybridized carbons (Fsp3) is 0. The van der Waals surface area contributed by atoms with Crippen LogP contribution in [0.3, 0.4) is 0 Å². The number of benzene rings is 1. The number of hydrogen-bond donors (Lipinski definition) is 3. The normalized spacial score (nSPS) is 20.9. The summed E-state index contributed by atoms with van der Waals surface area (Å²) in [4.78, 5) is 0. The van der Waals surface area contributed by atoms with Crippen LogP contribution in [0.25, 0.3) is 0 Å². The highest BCUT2D eigenvalue weighted by Crippen LogP contribution is 2.22. The lowest BCUT2D eigenvalue weighted by Crippen LogP contribution is -2.49. The molecule has 0 radical (unpaired) electrons. The summed E-state index contributed by atoms with van der Waals surface area (Å²) >= 11 is 0. The molecule has 1 heterocycles. The summed E-state index contributed by atoms with van der Waals surface area (Å²) in [6, 6.07) is 7.88. The van der Waals surface area contributed by atoms with Gasteiger partial charge in [0, 0.05) is 0 Å². The molecule has 1 aliphatic rings. The van der Waals surface area contributed by atoms with Gasteiger partial charge in [0.25, 0.3) is 0 Å². The average molecular weight is 267 g/mol. The number of amidine groups is 2. The number of hydrogen-bond acceptors (Lipinski definition) is 6. The van der Waals surface area contributed by atoms with Crippen LogP contribution >= 0.6 is 0 Å². The van der Waals surface area contributed by atoms with Crippen molar-refractivity contribution < 1.29 is 13.6 Å². The molecule has 0 bridgehead atoms. The van der Waals surface area contributed by atoms with Gasteiger partial charge < -0.3 is 10.9 Å². The number of para-hydroxylation sites is 1. The van der Waals surface area contributed by atoms with Crippen LogP contribution in [0.1, 0.15) is 0 Å². The van der Waals surface area contributed by atoms with Gasteiger partial charge in [-0.15, -0.1) is 4.40 Å². The fourth-order valence-corrected chi connectivity index (χ4v) is 2.59. The Labute approximate surface area is 103 Å². The van der Waals surface area contributed by atoms with E-state index in [1.54, 1.807) is 18.2 Å². The third-order valence-corrected chi connectivity index (χ3v) is 3.49. The van der Waals surface area contributed by atoms with E-state index in [9.17, 15) is 8.42 Å². The van der Waals surface area contributed by atoms with Crippen molar-refractivity contribution in [1.82, 2.24) is 0 Å². The molecule has 0 spiro atoms. The molecular formula is C9H9N5O3S. The maximum Gasteiger partial charge on any atom is 0.352 e. The van der Waals surface area contributed by atoms with Crippen LogP contribution in [0.4, 0.5) is 5.69 Å². The van der Waals surface area contributed by atoms with E-state index in [1.807, 2.05) is 0 Å². The standard InChI is InChI=1S/C9H9N5O3S/c10-8-7(12-15)9(11)14(18(16,17)13-8)6-4-2-1-3-5-6/h1-5,11,15H,(H2,10,13)/b11-9?,12-7+. The minimum Gasteiger partial charge on any atom is -0.410 e. The van der Waals surface area contributed by atoms with Gasteiger partial charge in [-0.25, -0.2) is 4.31 Å². The Hall–Kier alpha value is -2.42. The minimum absolute atomic E-state index is 0.208. The molecule has 0 aromatic heterocycles. The average Bonchev–Trinajstić information content (AvgIpc) is 2.29. The zero-order valence-electron chi connectivity index (χ0n) is 8.98. The molecule has 1 aromatic carbocycles. The van der Waals surface area contributed by atoms with E-state index in [0.29, 0.717) is 4.31 Å². The quantitative estimate of drug-likeness (QED) is 0.484. The highest BCUT2D eigenvalue weighted by molar-refractivity contribution is 7.93. The van der Waals surface area contributed by atoms with Crippen molar-refractivity contribution in [2.24, 2.45) is 15.3 Å². The highest BCUT2D eigenvalue weighted by Gasteiger charge is 2.36. The molecule has 0 fully saturated rings. The highest BCUT2D eigenvalue weighted by atomic mass is 32.2. The van der Waals surface area contributed by atoms with Crippen molar-refractivity contribution in [3.63, 3.8) is 0 Å². The van der Waals surface area contributed by atoms with Gasteiger partial charge >= 0.3 is 10.2 Å². The predicted octanol–water partition coefficient (Wildman–Crippen LogP) is -0.0839. The second kappa shape index (κ2) is 4.11. The summed E-state index contributed by atoms with van der Waals surface area (Å²) < 4.78 is 27.6. The number of nitrogens with zero attached hydrogens (tertiary/aromatic N) is 3. The van der Waals surface area contributed by atoms with Crippen molar-refractivity contribution in [3.8, 4) is 0 Å². The maximum absolute atomic E-state index is 11.8. The number of anilines is 1. The van der Waals surface area contributed by atoms with E-state index in [1.165, 1.54) is 12.1 Å². The van der Waals surface area contributed by atoms with Gasteiger partial charge in [-0.3, -0.25) is 5.41 Å². The van der Waals surface area contributed by atoms with Crippen molar-refractivity contribution >= 4 is 33.3 Å². The van der Waals surface area contributed by atoms with E-state index in [-0.39, 0.29) is 5.69 Å². The van der Waals surface area contributed by atoms with Crippen LogP contribution < -0.4 is 10.0 Å². The Balaban J connectivity index is 2.65. The van der Waals surface area contributed by atoms with Crippen molar-refractivity contribution in [2.45, 2.75) is 0 Å². The minimum atomic E-state index is -4.14. The first-order valence-electron chi connectivity index (χ1n) is 4.74. The van der Waals surface area contributed by atoms with E-state index in [2.05, 4.69) is 9.55 Å². The predicted molar refractivity (Wildman–Crippen MR) is 66.4 cm³/mol. The van der Waals surface area contributed by atoms with E-state index in [0.717, 1.165) is 0 Å². The number of rotatable bonds is 1. The topological polar surface area (TPSA) is 132 Å². The van der Waals surface area contributed by atoms with Gasteiger partial charge in [-0.2, -0.15) is 8.42 Å². The number of nitrogens with one attached hydrogen (secondary N) is 1. The van der Waals surface area contributed by atoms with E-state index >= 15 is 0 Å². The van der Waals surface area contributed by atoms with Crippen molar-refractivity contribution in [1.29, 1.82) is 5.41 Å². The Morgan fingerprint density at radius 3 is 2.50 bits per heavy atom. The lowest BCUT2D eigenvalue weighted by Gasteiger charge is -2.25. The monoisotopic (exact) mass is 267 g/mol. The number of oxime groups is 1. The zero-order chi connectivity index (χ0) is 13.3. The molecule has 0 amide bonds. The molecule has 9 heteroatoms. The summed E-state index contributed by atoms with van der Waals surface area (Å²) in [6.45, 7) is 0.